The van der Waals surface area contributed by atoms with Crippen LogP contribution in [0.1, 0.15) is 13.8 Å². The lowest BCUT2D eigenvalue weighted by Crippen LogP contribution is -2.20. The van der Waals surface area contributed by atoms with Gasteiger partial charge in [0.1, 0.15) is 5.17 Å². The van der Waals surface area contributed by atoms with Crippen LogP contribution in [0.5, 0.6) is 0 Å². The molecule has 0 aromatic heterocycles. The van der Waals surface area contributed by atoms with E-state index in [2.05, 4.69) is 5.32 Å². The van der Waals surface area contributed by atoms with Crippen LogP contribution < -0.4 is 5.32 Å². The van der Waals surface area contributed by atoms with E-state index in [1.807, 2.05) is 0 Å². The van der Waals surface area contributed by atoms with E-state index in [1.165, 1.54) is 0 Å². The van der Waals surface area contributed by atoms with Crippen LogP contribution in [-0.4, -0.2) is 17.1 Å². The lowest BCUT2D eigenvalue weighted by Gasteiger charge is -2.18. The van der Waals surface area contributed by atoms with Gasteiger partial charge in [-0.3, -0.25) is 5.41 Å². The van der Waals surface area contributed by atoms with Gasteiger partial charge in [0.2, 0.25) is 0 Å². The molecule has 0 fully saturated rings. The Labute approximate surface area is 77.1 Å². The zero-order chi connectivity index (χ0) is 9.07. The predicted octanol–water partition coefficient (Wildman–Crippen LogP) is 2.32. The molecule has 0 aliphatic heterocycles. The average Bonchev–Trinajstić information content (AvgIpc) is 1.79. The van der Waals surface area contributed by atoms with Crippen LogP contribution in [0.3, 0.4) is 0 Å². The molecule has 0 saturated carbocycles. The molecule has 0 amide bonds. The van der Waals surface area contributed by atoms with Crippen LogP contribution in [0.25, 0.3) is 0 Å². The maximum Gasteiger partial charge on any atom is 0.127 e. The lowest BCUT2D eigenvalue weighted by atomic mass is 10.0. The average molecular weight is 195 g/mol. The normalized spacial score (nSPS) is 13.0. The van der Waals surface area contributed by atoms with Crippen molar-refractivity contribution in [2.45, 2.75) is 18.7 Å². The first-order chi connectivity index (χ1) is 4.89. The lowest BCUT2D eigenvalue weighted by molar-refractivity contribution is 0.840. The predicted molar refractivity (Wildman–Crippen MR) is 50.7 cm³/mol. The smallest absolute Gasteiger partial charge is 0.127 e. The van der Waals surface area contributed by atoms with E-state index in [-0.39, 0.29) is 5.17 Å². The fraction of sp³-hybridized carbons (Fsp3) is 0.571. The van der Waals surface area contributed by atoms with Crippen LogP contribution in [0.4, 0.5) is 0 Å². The molecular weight excluding hydrogens is 183 g/mol. The number of allylic oxidation sites excluding steroid dienone is 1. The first kappa shape index (κ1) is 10.8. The summed E-state index contributed by atoms with van der Waals surface area (Å²) >= 11 is 11.4. The van der Waals surface area contributed by atoms with Crippen LogP contribution >= 0.6 is 23.2 Å². The van der Waals surface area contributed by atoms with Gasteiger partial charge in [0.25, 0.3) is 0 Å². The Hall–Kier alpha value is -0.210. The number of rotatable bonds is 3. The Balaban J connectivity index is 4.63. The van der Waals surface area contributed by atoms with Gasteiger partial charge in [-0.15, -0.1) is 11.6 Å². The van der Waals surface area contributed by atoms with Crippen molar-refractivity contribution in [3.63, 3.8) is 0 Å². The van der Waals surface area contributed by atoms with Crippen molar-refractivity contribution >= 4 is 28.4 Å². The molecule has 0 spiro atoms. The molecule has 11 heavy (non-hydrogen) atoms. The van der Waals surface area contributed by atoms with Crippen LogP contribution in [0.2, 0.25) is 0 Å². The molecule has 2 nitrogen and oxygen atoms in total. The number of hydrogen-bond acceptors (Lipinski definition) is 2. The Bertz CT molecular complexity index is 179. The molecule has 0 atom stereocenters. The largest absolute Gasteiger partial charge is 0.394 e. The third kappa shape index (κ3) is 3.63. The second-order valence-electron chi connectivity index (χ2n) is 2.63. The van der Waals surface area contributed by atoms with E-state index in [0.29, 0.717) is 5.57 Å². The summed E-state index contributed by atoms with van der Waals surface area (Å²) in [6.45, 7) is 3.57. The van der Waals surface area contributed by atoms with Gasteiger partial charge in [-0.1, -0.05) is 11.6 Å². The first-order valence-electron chi connectivity index (χ1n) is 3.21. The standard InChI is InChI=1S/C7H12Cl2N2/c1-7(2,9)5(4-11-3)6(8)10/h4,10-11H,1-3H3/b5-4-,10-6?. The SMILES string of the molecule is CN/C=C(/C(=N)Cl)C(C)(C)Cl. The second kappa shape index (κ2) is 3.98. The summed E-state index contributed by atoms with van der Waals surface area (Å²) < 4.78 is 0. The quantitative estimate of drug-likeness (QED) is 0.526. The third-order valence-corrected chi connectivity index (χ3v) is 1.57. The zero-order valence-electron chi connectivity index (χ0n) is 6.83. The third-order valence-electron chi connectivity index (χ3n) is 1.17. The van der Waals surface area contributed by atoms with Crippen molar-refractivity contribution in [2.75, 3.05) is 7.05 Å². The Morgan fingerprint density at radius 3 is 2.09 bits per heavy atom. The van der Waals surface area contributed by atoms with Gasteiger partial charge in [-0.05, 0) is 13.8 Å². The number of halogens is 2. The van der Waals surface area contributed by atoms with E-state index >= 15 is 0 Å². The Morgan fingerprint density at radius 2 is 2.00 bits per heavy atom. The highest BCUT2D eigenvalue weighted by atomic mass is 35.5. The molecule has 0 aliphatic rings. The van der Waals surface area contributed by atoms with E-state index in [1.54, 1.807) is 27.1 Å². The minimum Gasteiger partial charge on any atom is -0.394 e. The van der Waals surface area contributed by atoms with Crippen LogP contribution in [-0.2, 0) is 0 Å². The van der Waals surface area contributed by atoms with Crippen molar-refractivity contribution in [1.82, 2.24) is 5.32 Å². The molecule has 4 heteroatoms. The first-order valence-corrected chi connectivity index (χ1v) is 3.96. The molecule has 64 valence electrons. The number of nitrogens with one attached hydrogen (secondary N) is 2. The minimum absolute atomic E-state index is 0.0284. The summed E-state index contributed by atoms with van der Waals surface area (Å²) in [6.07, 6.45) is 1.63. The summed E-state index contributed by atoms with van der Waals surface area (Å²) in [5, 5.41) is 9.94. The monoisotopic (exact) mass is 194 g/mol. The fourth-order valence-corrected chi connectivity index (χ4v) is 1.13. The second-order valence-corrected chi connectivity index (χ2v) is 3.96. The molecule has 0 radical (unpaired) electrons. The molecule has 0 aromatic rings. The highest BCUT2D eigenvalue weighted by molar-refractivity contribution is 6.69. The maximum atomic E-state index is 7.18. The van der Waals surface area contributed by atoms with Crippen molar-refractivity contribution in [2.24, 2.45) is 0 Å². The maximum absolute atomic E-state index is 7.18. The Kier molecular flexibility index (Phi) is 3.90. The van der Waals surface area contributed by atoms with Crippen molar-refractivity contribution in [1.29, 1.82) is 5.41 Å². The molecular formula is C7H12Cl2N2. The number of hydrogen-bond donors (Lipinski definition) is 2. The van der Waals surface area contributed by atoms with Crippen LogP contribution in [0.15, 0.2) is 11.8 Å². The summed E-state index contributed by atoms with van der Waals surface area (Å²) in [5.41, 5.74) is 0.586. The van der Waals surface area contributed by atoms with Gasteiger partial charge in [-0.25, -0.2) is 0 Å². The van der Waals surface area contributed by atoms with E-state index in [0.717, 1.165) is 0 Å². The van der Waals surface area contributed by atoms with Gasteiger partial charge in [-0.2, -0.15) is 0 Å². The van der Waals surface area contributed by atoms with Crippen molar-refractivity contribution in [3.05, 3.63) is 11.8 Å². The highest BCUT2D eigenvalue weighted by Crippen LogP contribution is 2.25. The van der Waals surface area contributed by atoms with Gasteiger partial charge in [0.05, 0.1) is 4.87 Å². The van der Waals surface area contributed by atoms with Gasteiger partial charge in [0.15, 0.2) is 0 Å². The number of alkyl halides is 1. The Morgan fingerprint density at radius 1 is 1.55 bits per heavy atom. The molecule has 0 aliphatic carbocycles. The summed E-state index contributed by atoms with van der Waals surface area (Å²) in [4.78, 5) is -0.595. The zero-order valence-corrected chi connectivity index (χ0v) is 8.35. The highest BCUT2D eigenvalue weighted by Gasteiger charge is 2.22. The summed E-state index contributed by atoms with van der Waals surface area (Å²) in [7, 11) is 1.74. The van der Waals surface area contributed by atoms with E-state index in [4.69, 9.17) is 28.6 Å². The fourth-order valence-electron chi connectivity index (χ4n) is 0.640. The molecule has 0 heterocycles. The van der Waals surface area contributed by atoms with E-state index < -0.39 is 4.87 Å². The molecule has 0 aromatic carbocycles. The van der Waals surface area contributed by atoms with Crippen molar-refractivity contribution < 1.29 is 0 Å². The van der Waals surface area contributed by atoms with Gasteiger partial charge in [0, 0.05) is 18.8 Å². The van der Waals surface area contributed by atoms with Gasteiger partial charge < -0.3 is 5.32 Å². The summed E-state index contributed by atoms with van der Waals surface area (Å²) in [5.74, 6) is 0. The molecule has 0 bridgehead atoms. The van der Waals surface area contributed by atoms with E-state index in [9.17, 15) is 0 Å². The molecule has 0 rings (SSSR count). The minimum atomic E-state index is -0.595. The summed E-state index contributed by atoms with van der Waals surface area (Å²) in [6, 6.07) is 0. The topological polar surface area (TPSA) is 35.9 Å². The molecule has 0 unspecified atom stereocenters. The van der Waals surface area contributed by atoms with Gasteiger partial charge >= 0.3 is 0 Å². The van der Waals surface area contributed by atoms with Crippen LogP contribution in [0, 0.1) is 5.41 Å². The molecule has 2 N–H and O–H groups in total. The van der Waals surface area contributed by atoms with Crippen molar-refractivity contribution in [3.8, 4) is 0 Å². The molecule has 0 saturated heterocycles.